The van der Waals surface area contributed by atoms with Gasteiger partial charge < -0.3 is 10.2 Å². The fourth-order valence-corrected chi connectivity index (χ4v) is 2.15. The standard InChI is InChI=1S/C12H18BrClN2/c1-16(2)7-3-6-15-9-10-4-5-11(13)8-12(10)14/h4-5,8,15H,3,6-7,9H2,1-2H3. The van der Waals surface area contributed by atoms with Crippen molar-refractivity contribution in [2.75, 3.05) is 27.2 Å². The Balaban J connectivity index is 2.27. The van der Waals surface area contributed by atoms with Crippen LogP contribution in [0.25, 0.3) is 0 Å². The maximum atomic E-state index is 6.11. The molecule has 0 radical (unpaired) electrons. The van der Waals surface area contributed by atoms with Crippen LogP contribution in [-0.2, 0) is 6.54 Å². The second kappa shape index (κ2) is 7.28. The zero-order valence-corrected chi connectivity index (χ0v) is 12.1. The predicted molar refractivity (Wildman–Crippen MR) is 74.0 cm³/mol. The molecular formula is C12H18BrClN2. The maximum Gasteiger partial charge on any atom is 0.0462 e. The van der Waals surface area contributed by atoms with Crippen LogP contribution in [-0.4, -0.2) is 32.1 Å². The van der Waals surface area contributed by atoms with E-state index >= 15 is 0 Å². The number of hydrogen-bond acceptors (Lipinski definition) is 2. The molecule has 0 saturated carbocycles. The summed E-state index contributed by atoms with van der Waals surface area (Å²) < 4.78 is 1.02. The van der Waals surface area contributed by atoms with Crippen molar-refractivity contribution in [3.63, 3.8) is 0 Å². The second-order valence-corrected chi connectivity index (χ2v) is 5.39. The summed E-state index contributed by atoms with van der Waals surface area (Å²) >= 11 is 9.51. The van der Waals surface area contributed by atoms with E-state index in [-0.39, 0.29) is 0 Å². The van der Waals surface area contributed by atoms with E-state index in [9.17, 15) is 0 Å². The number of rotatable bonds is 6. The van der Waals surface area contributed by atoms with Gasteiger partial charge in [0.2, 0.25) is 0 Å². The van der Waals surface area contributed by atoms with E-state index in [2.05, 4.69) is 40.2 Å². The lowest BCUT2D eigenvalue weighted by Crippen LogP contribution is -2.21. The van der Waals surface area contributed by atoms with Gasteiger partial charge in [-0.3, -0.25) is 0 Å². The zero-order chi connectivity index (χ0) is 12.0. The number of nitrogens with one attached hydrogen (secondary N) is 1. The van der Waals surface area contributed by atoms with Crippen molar-refractivity contribution in [2.24, 2.45) is 0 Å². The van der Waals surface area contributed by atoms with Crippen LogP contribution in [0.1, 0.15) is 12.0 Å². The van der Waals surface area contributed by atoms with Crippen LogP contribution in [0.15, 0.2) is 22.7 Å². The van der Waals surface area contributed by atoms with E-state index in [1.54, 1.807) is 0 Å². The summed E-state index contributed by atoms with van der Waals surface area (Å²) in [4.78, 5) is 2.19. The fraction of sp³-hybridized carbons (Fsp3) is 0.500. The highest BCUT2D eigenvalue weighted by atomic mass is 79.9. The number of benzene rings is 1. The predicted octanol–water partition coefficient (Wildman–Crippen LogP) is 3.14. The average molecular weight is 306 g/mol. The maximum absolute atomic E-state index is 6.11. The number of hydrogen-bond donors (Lipinski definition) is 1. The van der Waals surface area contributed by atoms with Crippen molar-refractivity contribution < 1.29 is 0 Å². The highest BCUT2D eigenvalue weighted by Crippen LogP contribution is 2.20. The van der Waals surface area contributed by atoms with Crippen molar-refractivity contribution in [1.82, 2.24) is 10.2 Å². The van der Waals surface area contributed by atoms with E-state index in [4.69, 9.17) is 11.6 Å². The van der Waals surface area contributed by atoms with Crippen LogP contribution >= 0.6 is 27.5 Å². The van der Waals surface area contributed by atoms with Gasteiger partial charge in [-0.25, -0.2) is 0 Å². The van der Waals surface area contributed by atoms with E-state index in [0.29, 0.717) is 0 Å². The van der Waals surface area contributed by atoms with Gasteiger partial charge in [0.25, 0.3) is 0 Å². The quantitative estimate of drug-likeness (QED) is 0.812. The van der Waals surface area contributed by atoms with Gasteiger partial charge in [-0.2, -0.15) is 0 Å². The molecule has 0 spiro atoms. The Labute approximate surface area is 111 Å². The molecule has 0 aliphatic carbocycles. The lowest BCUT2D eigenvalue weighted by molar-refractivity contribution is 0.394. The first-order chi connectivity index (χ1) is 7.59. The first-order valence-corrected chi connectivity index (χ1v) is 6.56. The third-order valence-electron chi connectivity index (χ3n) is 2.29. The van der Waals surface area contributed by atoms with Gasteiger partial charge >= 0.3 is 0 Å². The topological polar surface area (TPSA) is 15.3 Å². The first-order valence-electron chi connectivity index (χ1n) is 5.39. The molecule has 1 N–H and O–H groups in total. The molecule has 0 fully saturated rings. The molecule has 0 saturated heterocycles. The number of halogens is 2. The van der Waals surface area contributed by atoms with Gasteiger partial charge in [0.1, 0.15) is 0 Å². The summed E-state index contributed by atoms with van der Waals surface area (Å²) in [6.45, 7) is 2.96. The van der Waals surface area contributed by atoms with Gasteiger partial charge in [0.05, 0.1) is 0 Å². The third kappa shape index (κ3) is 5.30. The van der Waals surface area contributed by atoms with Crippen LogP contribution in [0.4, 0.5) is 0 Å². The van der Waals surface area contributed by atoms with Gasteiger partial charge in [-0.05, 0) is 51.3 Å². The lowest BCUT2D eigenvalue weighted by atomic mass is 10.2. The van der Waals surface area contributed by atoms with Crippen LogP contribution in [0.2, 0.25) is 5.02 Å². The average Bonchev–Trinajstić information content (AvgIpc) is 2.20. The fourth-order valence-electron chi connectivity index (χ4n) is 1.41. The molecule has 90 valence electrons. The van der Waals surface area contributed by atoms with Crippen LogP contribution in [0, 0.1) is 0 Å². The van der Waals surface area contributed by atoms with Gasteiger partial charge in [-0.15, -0.1) is 0 Å². The molecule has 0 bridgehead atoms. The Kier molecular flexibility index (Phi) is 6.36. The lowest BCUT2D eigenvalue weighted by Gasteiger charge is -2.10. The van der Waals surface area contributed by atoms with Crippen molar-refractivity contribution in [3.8, 4) is 0 Å². The smallest absolute Gasteiger partial charge is 0.0462 e. The van der Waals surface area contributed by atoms with Gasteiger partial charge in [0.15, 0.2) is 0 Å². The summed E-state index contributed by atoms with van der Waals surface area (Å²) in [5.41, 5.74) is 1.15. The van der Waals surface area contributed by atoms with Crippen molar-refractivity contribution in [1.29, 1.82) is 0 Å². The minimum Gasteiger partial charge on any atom is -0.313 e. The Hall–Kier alpha value is -0.0900. The normalized spacial score (nSPS) is 11.1. The molecule has 0 heterocycles. The molecule has 4 heteroatoms. The van der Waals surface area contributed by atoms with Crippen molar-refractivity contribution in [3.05, 3.63) is 33.3 Å². The molecule has 1 aromatic rings. The molecule has 1 rings (SSSR count). The summed E-state index contributed by atoms with van der Waals surface area (Å²) in [7, 11) is 4.18. The Bertz CT molecular complexity index is 329. The molecular weight excluding hydrogens is 288 g/mol. The highest BCUT2D eigenvalue weighted by Gasteiger charge is 2.00. The largest absolute Gasteiger partial charge is 0.313 e. The molecule has 0 amide bonds. The highest BCUT2D eigenvalue weighted by molar-refractivity contribution is 9.10. The Morgan fingerprint density at radius 1 is 1.38 bits per heavy atom. The summed E-state index contributed by atoms with van der Waals surface area (Å²) in [6.07, 6.45) is 1.15. The van der Waals surface area contributed by atoms with Crippen molar-refractivity contribution in [2.45, 2.75) is 13.0 Å². The monoisotopic (exact) mass is 304 g/mol. The van der Waals surface area contributed by atoms with E-state index in [0.717, 1.165) is 41.1 Å². The first kappa shape index (κ1) is 14.0. The molecule has 0 aliphatic heterocycles. The summed E-state index contributed by atoms with van der Waals surface area (Å²) in [5.74, 6) is 0. The van der Waals surface area contributed by atoms with Crippen molar-refractivity contribution >= 4 is 27.5 Å². The summed E-state index contributed by atoms with van der Waals surface area (Å²) in [6, 6.07) is 5.99. The molecule has 16 heavy (non-hydrogen) atoms. The van der Waals surface area contributed by atoms with E-state index < -0.39 is 0 Å². The Morgan fingerprint density at radius 3 is 2.75 bits per heavy atom. The van der Waals surface area contributed by atoms with Gasteiger partial charge in [0, 0.05) is 16.0 Å². The van der Waals surface area contributed by atoms with Crippen LogP contribution in [0.5, 0.6) is 0 Å². The van der Waals surface area contributed by atoms with Crippen LogP contribution in [0.3, 0.4) is 0 Å². The summed E-state index contributed by atoms with van der Waals surface area (Å²) in [5, 5.41) is 4.21. The molecule has 0 aromatic heterocycles. The Morgan fingerprint density at radius 2 is 2.12 bits per heavy atom. The molecule has 0 aliphatic rings. The SMILES string of the molecule is CN(C)CCCNCc1ccc(Br)cc1Cl. The second-order valence-electron chi connectivity index (χ2n) is 4.07. The molecule has 1 aromatic carbocycles. The van der Waals surface area contributed by atoms with Gasteiger partial charge in [-0.1, -0.05) is 33.6 Å². The van der Waals surface area contributed by atoms with Crippen LogP contribution < -0.4 is 5.32 Å². The zero-order valence-electron chi connectivity index (χ0n) is 9.76. The third-order valence-corrected chi connectivity index (χ3v) is 3.13. The molecule has 2 nitrogen and oxygen atoms in total. The minimum atomic E-state index is 0.814. The van der Waals surface area contributed by atoms with E-state index in [1.807, 2.05) is 18.2 Å². The minimum absolute atomic E-state index is 0.814. The number of nitrogens with zero attached hydrogens (tertiary/aromatic N) is 1. The van der Waals surface area contributed by atoms with E-state index in [1.165, 1.54) is 0 Å². The molecule has 0 atom stereocenters. The molecule has 0 unspecified atom stereocenters.